The second-order valence-corrected chi connectivity index (χ2v) is 8.58. The van der Waals surface area contributed by atoms with E-state index in [4.69, 9.17) is 4.74 Å². The standard InChI is InChI=1S/C24H31NO3/c1-17(2)15-21(23(27)28-16-18-9-7-6-8-10-18)25-22(26)19-11-13-20(14-12-19)24(3,4)5/h6-14,17,21H,15-16H2,1-5H3,(H,25,26)/t21-/m0/s1. The molecule has 1 atom stereocenters. The predicted molar refractivity (Wildman–Crippen MR) is 112 cm³/mol. The number of benzene rings is 2. The number of amides is 1. The highest BCUT2D eigenvalue weighted by atomic mass is 16.5. The molecule has 4 nitrogen and oxygen atoms in total. The molecule has 2 aromatic carbocycles. The van der Waals surface area contributed by atoms with Gasteiger partial charge in [-0.3, -0.25) is 4.79 Å². The number of carbonyl (C=O) groups excluding carboxylic acids is 2. The van der Waals surface area contributed by atoms with Gasteiger partial charge in [0.1, 0.15) is 12.6 Å². The van der Waals surface area contributed by atoms with Crippen LogP contribution in [0, 0.1) is 5.92 Å². The van der Waals surface area contributed by atoms with Crippen molar-refractivity contribution in [3.63, 3.8) is 0 Å². The molecule has 0 aromatic heterocycles. The first-order valence-corrected chi connectivity index (χ1v) is 9.79. The maximum Gasteiger partial charge on any atom is 0.328 e. The summed E-state index contributed by atoms with van der Waals surface area (Å²) in [6, 6.07) is 16.4. The Bertz CT molecular complexity index is 774. The van der Waals surface area contributed by atoms with E-state index in [0.717, 1.165) is 11.1 Å². The largest absolute Gasteiger partial charge is 0.459 e. The van der Waals surface area contributed by atoms with E-state index in [-0.39, 0.29) is 23.8 Å². The van der Waals surface area contributed by atoms with Crippen LogP contribution in [0.1, 0.15) is 62.5 Å². The van der Waals surface area contributed by atoms with Crippen molar-refractivity contribution in [2.45, 2.75) is 59.1 Å². The van der Waals surface area contributed by atoms with Gasteiger partial charge in [-0.05, 0) is 41.0 Å². The molecule has 0 fully saturated rings. The average molecular weight is 382 g/mol. The van der Waals surface area contributed by atoms with Crippen molar-refractivity contribution in [3.05, 3.63) is 71.3 Å². The molecule has 0 aliphatic rings. The summed E-state index contributed by atoms with van der Waals surface area (Å²) in [7, 11) is 0. The molecule has 150 valence electrons. The molecule has 0 aliphatic heterocycles. The number of ether oxygens (including phenoxy) is 1. The Morgan fingerprint density at radius 3 is 2.11 bits per heavy atom. The molecule has 0 heterocycles. The van der Waals surface area contributed by atoms with Crippen LogP contribution in [0.2, 0.25) is 0 Å². The highest BCUT2D eigenvalue weighted by Gasteiger charge is 2.24. The van der Waals surface area contributed by atoms with Crippen molar-refractivity contribution in [1.29, 1.82) is 0 Å². The van der Waals surface area contributed by atoms with Crippen LogP contribution in [0.3, 0.4) is 0 Å². The van der Waals surface area contributed by atoms with Gasteiger partial charge in [0.15, 0.2) is 0 Å². The molecule has 0 radical (unpaired) electrons. The molecule has 4 heteroatoms. The monoisotopic (exact) mass is 381 g/mol. The Morgan fingerprint density at radius 1 is 0.964 bits per heavy atom. The Hall–Kier alpha value is -2.62. The molecule has 0 aliphatic carbocycles. The van der Waals surface area contributed by atoms with E-state index >= 15 is 0 Å². The van der Waals surface area contributed by atoms with Crippen molar-refractivity contribution < 1.29 is 14.3 Å². The number of hydrogen-bond donors (Lipinski definition) is 1. The van der Waals surface area contributed by atoms with Crippen LogP contribution < -0.4 is 5.32 Å². The van der Waals surface area contributed by atoms with E-state index in [0.29, 0.717) is 12.0 Å². The third-order valence-corrected chi connectivity index (χ3v) is 4.53. The van der Waals surface area contributed by atoms with Crippen LogP contribution in [0.4, 0.5) is 0 Å². The van der Waals surface area contributed by atoms with Crippen LogP contribution >= 0.6 is 0 Å². The zero-order valence-corrected chi connectivity index (χ0v) is 17.5. The normalized spacial score (nSPS) is 12.5. The quantitative estimate of drug-likeness (QED) is 0.696. The lowest BCUT2D eigenvalue weighted by Crippen LogP contribution is -2.42. The molecule has 0 saturated heterocycles. The number of nitrogens with one attached hydrogen (secondary N) is 1. The van der Waals surface area contributed by atoms with Gasteiger partial charge in [0.2, 0.25) is 0 Å². The lowest BCUT2D eigenvalue weighted by Gasteiger charge is -2.21. The summed E-state index contributed by atoms with van der Waals surface area (Å²) in [6.07, 6.45) is 0.527. The van der Waals surface area contributed by atoms with E-state index in [1.807, 2.05) is 56.3 Å². The number of hydrogen-bond acceptors (Lipinski definition) is 3. The first-order valence-electron chi connectivity index (χ1n) is 9.79. The first-order chi connectivity index (χ1) is 13.2. The van der Waals surface area contributed by atoms with Gasteiger partial charge < -0.3 is 10.1 Å². The summed E-state index contributed by atoms with van der Waals surface area (Å²) in [4.78, 5) is 25.2. The van der Waals surface area contributed by atoms with Crippen molar-refractivity contribution in [3.8, 4) is 0 Å². The summed E-state index contributed by atoms with van der Waals surface area (Å²) in [5, 5.41) is 2.85. The topological polar surface area (TPSA) is 55.4 Å². The van der Waals surface area contributed by atoms with Crippen LogP contribution in [0.15, 0.2) is 54.6 Å². The fourth-order valence-electron chi connectivity index (χ4n) is 2.88. The summed E-state index contributed by atoms with van der Waals surface area (Å²) in [6.45, 7) is 10.6. The Balaban J connectivity index is 2.03. The summed E-state index contributed by atoms with van der Waals surface area (Å²) in [5.74, 6) is -0.419. The highest BCUT2D eigenvalue weighted by molar-refractivity contribution is 5.96. The predicted octanol–water partition coefficient (Wildman–Crippen LogP) is 4.87. The number of rotatable bonds is 7. The van der Waals surface area contributed by atoms with Crippen molar-refractivity contribution >= 4 is 11.9 Å². The van der Waals surface area contributed by atoms with Crippen molar-refractivity contribution in [2.75, 3.05) is 0 Å². The fourth-order valence-corrected chi connectivity index (χ4v) is 2.88. The van der Waals surface area contributed by atoms with E-state index < -0.39 is 12.0 Å². The van der Waals surface area contributed by atoms with Crippen molar-refractivity contribution in [2.24, 2.45) is 5.92 Å². The summed E-state index contributed by atoms with van der Waals surface area (Å²) in [5.41, 5.74) is 2.64. The smallest absolute Gasteiger partial charge is 0.328 e. The summed E-state index contributed by atoms with van der Waals surface area (Å²) >= 11 is 0. The Kier molecular flexibility index (Phi) is 7.38. The van der Waals surface area contributed by atoms with E-state index in [2.05, 4.69) is 26.1 Å². The minimum absolute atomic E-state index is 0.0242. The molecule has 2 aromatic rings. The molecule has 0 bridgehead atoms. The minimum atomic E-state index is -0.668. The zero-order valence-electron chi connectivity index (χ0n) is 17.5. The molecule has 0 spiro atoms. The van der Waals surface area contributed by atoms with E-state index in [9.17, 15) is 9.59 Å². The number of carbonyl (C=O) groups is 2. The average Bonchev–Trinajstić information content (AvgIpc) is 2.65. The first kappa shape index (κ1) is 21.7. The van der Waals surface area contributed by atoms with Crippen molar-refractivity contribution in [1.82, 2.24) is 5.32 Å². The van der Waals surface area contributed by atoms with E-state index in [1.54, 1.807) is 12.1 Å². The van der Waals surface area contributed by atoms with Gasteiger partial charge in [0.05, 0.1) is 0 Å². The van der Waals surface area contributed by atoms with Gasteiger partial charge in [-0.25, -0.2) is 4.79 Å². The van der Waals surface area contributed by atoms with Gasteiger partial charge in [-0.1, -0.05) is 77.1 Å². The maximum atomic E-state index is 12.7. The maximum absolute atomic E-state index is 12.7. The molecule has 0 saturated carbocycles. The van der Waals surface area contributed by atoms with Gasteiger partial charge in [0, 0.05) is 5.56 Å². The Labute approximate surface area is 168 Å². The molecule has 1 N–H and O–H groups in total. The second-order valence-electron chi connectivity index (χ2n) is 8.58. The van der Waals surface area contributed by atoms with Crippen LogP contribution in [0.5, 0.6) is 0 Å². The summed E-state index contributed by atoms with van der Waals surface area (Å²) < 4.78 is 5.44. The van der Waals surface area contributed by atoms with Gasteiger partial charge in [0.25, 0.3) is 5.91 Å². The molecular weight excluding hydrogens is 350 g/mol. The van der Waals surface area contributed by atoms with Gasteiger partial charge in [-0.2, -0.15) is 0 Å². The second kappa shape index (κ2) is 9.54. The Morgan fingerprint density at radius 2 is 1.57 bits per heavy atom. The minimum Gasteiger partial charge on any atom is -0.459 e. The third-order valence-electron chi connectivity index (χ3n) is 4.53. The SMILES string of the molecule is CC(C)C[C@H](NC(=O)c1ccc(C(C)(C)C)cc1)C(=O)OCc1ccccc1. The molecule has 1 amide bonds. The lowest BCUT2D eigenvalue weighted by molar-refractivity contribution is -0.147. The molecule has 2 rings (SSSR count). The fraction of sp³-hybridized carbons (Fsp3) is 0.417. The molecule has 28 heavy (non-hydrogen) atoms. The van der Waals surface area contributed by atoms with Crippen LogP contribution in [-0.2, 0) is 21.6 Å². The van der Waals surface area contributed by atoms with Crippen LogP contribution in [-0.4, -0.2) is 17.9 Å². The molecular formula is C24H31NO3. The number of esters is 1. The zero-order chi connectivity index (χ0) is 20.7. The van der Waals surface area contributed by atoms with Crippen LogP contribution in [0.25, 0.3) is 0 Å². The highest BCUT2D eigenvalue weighted by Crippen LogP contribution is 2.22. The molecule has 0 unspecified atom stereocenters. The third kappa shape index (κ3) is 6.52. The van der Waals surface area contributed by atoms with Gasteiger partial charge in [-0.15, -0.1) is 0 Å². The van der Waals surface area contributed by atoms with Gasteiger partial charge >= 0.3 is 5.97 Å². The van der Waals surface area contributed by atoms with E-state index in [1.165, 1.54) is 0 Å². The lowest BCUT2D eigenvalue weighted by atomic mass is 9.86.